The first-order chi connectivity index (χ1) is 8.19. The van der Waals surface area contributed by atoms with Crippen LogP contribution in [0.25, 0.3) is 10.9 Å². The van der Waals surface area contributed by atoms with Gasteiger partial charge in [-0.1, -0.05) is 11.6 Å². The lowest BCUT2D eigenvalue weighted by molar-refractivity contribution is 0.468. The second-order valence-corrected chi connectivity index (χ2v) is 5.43. The number of H-pyrrole nitrogens is 1. The Morgan fingerprint density at radius 1 is 1.35 bits per heavy atom. The zero-order chi connectivity index (χ0) is 12.0. The van der Waals surface area contributed by atoms with E-state index in [0.717, 1.165) is 19.4 Å². The molecule has 1 aromatic carbocycles. The molecule has 3 rings (SSSR count). The van der Waals surface area contributed by atoms with E-state index in [9.17, 15) is 0 Å². The number of aryl methyl sites for hydroxylation is 3. The van der Waals surface area contributed by atoms with E-state index < -0.39 is 0 Å². The predicted octanol–water partition coefficient (Wildman–Crippen LogP) is 2.85. The summed E-state index contributed by atoms with van der Waals surface area (Å²) in [7, 11) is 0. The van der Waals surface area contributed by atoms with Crippen LogP contribution in [0.2, 0.25) is 0 Å². The molecule has 3 N–H and O–H groups in total. The van der Waals surface area contributed by atoms with Gasteiger partial charge in [0, 0.05) is 16.6 Å². The predicted molar refractivity (Wildman–Crippen MR) is 72.3 cm³/mol. The second kappa shape index (κ2) is 3.88. The van der Waals surface area contributed by atoms with E-state index in [1.54, 1.807) is 0 Å². The van der Waals surface area contributed by atoms with Crippen molar-refractivity contribution in [1.29, 1.82) is 0 Å². The average Bonchev–Trinajstić information content (AvgIpc) is 2.67. The molecule has 1 aliphatic carbocycles. The fourth-order valence-corrected chi connectivity index (χ4v) is 3.15. The summed E-state index contributed by atoms with van der Waals surface area (Å²) in [6, 6.07) is 4.57. The van der Waals surface area contributed by atoms with Gasteiger partial charge in [0.1, 0.15) is 0 Å². The Balaban J connectivity index is 2.20. The zero-order valence-electron chi connectivity index (χ0n) is 10.6. The minimum Gasteiger partial charge on any atom is -0.358 e. The number of hydrogen-bond acceptors (Lipinski definition) is 1. The van der Waals surface area contributed by atoms with E-state index in [0.29, 0.717) is 5.92 Å². The molecule has 1 heterocycles. The largest absolute Gasteiger partial charge is 0.358 e. The van der Waals surface area contributed by atoms with Crippen LogP contribution in [-0.4, -0.2) is 11.5 Å². The van der Waals surface area contributed by atoms with E-state index in [4.69, 9.17) is 5.73 Å². The van der Waals surface area contributed by atoms with Crippen molar-refractivity contribution >= 4 is 10.9 Å². The van der Waals surface area contributed by atoms with Crippen LogP contribution in [-0.2, 0) is 12.8 Å². The van der Waals surface area contributed by atoms with Gasteiger partial charge in [-0.25, -0.2) is 0 Å². The number of aromatic nitrogens is 1. The summed E-state index contributed by atoms with van der Waals surface area (Å²) >= 11 is 0. The quantitative estimate of drug-likeness (QED) is 0.774. The highest BCUT2D eigenvalue weighted by Gasteiger charge is 2.22. The molecule has 90 valence electrons. The van der Waals surface area contributed by atoms with Crippen LogP contribution in [0.3, 0.4) is 0 Å². The van der Waals surface area contributed by atoms with Crippen molar-refractivity contribution in [2.24, 2.45) is 11.7 Å². The van der Waals surface area contributed by atoms with Gasteiger partial charge >= 0.3 is 0 Å². The molecule has 0 radical (unpaired) electrons. The molecule has 0 spiro atoms. The highest BCUT2D eigenvalue weighted by molar-refractivity contribution is 5.88. The van der Waals surface area contributed by atoms with Crippen LogP contribution in [0.1, 0.15) is 28.8 Å². The van der Waals surface area contributed by atoms with Gasteiger partial charge in [-0.2, -0.15) is 0 Å². The van der Waals surface area contributed by atoms with Crippen molar-refractivity contribution in [2.75, 3.05) is 6.54 Å². The van der Waals surface area contributed by atoms with E-state index in [2.05, 4.69) is 31.0 Å². The Morgan fingerprint density at radius 2 is 2.18 bits per heavy atom. The number of benzene rings is 1. The van der Waals surface area contributed by atoms with Crippen LogP contribution in [0.4, 0.5) is 0 Å². The molecule has 1 aromatic heterocycles. The van der Waals surface area contributed by atoms with Crippen LogP contribution in [0.5, 0.6) is 0 Å². The second-order valence-electron chi connectivity index (χ2n) is 5.43. The number of nitrogens with one attached hydrogen (secondary N) is 1. The van der Waals surface area contributed by atoms with E-state index in [1.807, 2.05) is 0 Å². The molecule has 0 aliphatic heterocycles. The minimum absolute atomic E-state index is 0.669. The molecule has 17 heavy (non-hydrogen) atoms. The first-order valence-electron chi connectivity index (χ1n) is 6.49. The normalized spacial score (nSPS) is 19.6. The summed E-state index contributed by atoms with van der Waals surface area (Å²) in [6.45, 7) is 5.18. The Hall–Kier alpha value is -1.28. The fourth-order valence-electron chi connectivity index (χ4n) is 3.15. The van der Waals surface area contributed by atoms with Gasteiger partial charge in [0.25, 0.3) is 0 Å². The fraction of sp³-hybridized carbons (Fsp3) is 0.467. The zero-order valence-corrected chi connectivity index (χ0v) is 10.6. The maximum Gasteiger partial charge on any atom is 0.0488 e. The third kappa shape index (κ3) is 1.67. The average molecular weight is 228 g/mol. The van der Waals surface area contributed by atoms with E-state index in [1.165, 1.54) is 39.7 Å². The molecule has 1 aliphatic rings. The third-order valence-electron chi connectivity index (χ3n) is 4.07. The molecule has 0 amide bonds. The minimum atomic E-state index is 0.669. The standard InChI is InChI=1S/C15H20N2/c1-9-5-10(2)15-13(6-9)12-7-11(8-16)3-4-14(12)17-15/h5-6,11,17H,3-4,7-8,16H2,1-2H3. The van der Waals surface area contributed by atoms with Crippen molar-refractivity contribution in [3.63, 3.8) is 0 Å². The van der Waals surface area contributed by atoms with Gasteiger partial charge in [-0.3, -0.25) is 0 Å². The smallest absolute Gasteiger partial charge is 0.0488 e. The summed E-state index contributed by atoms with van der Waals surface area (Å²) in [6.07, 6.45) is 3.54. The molecule has 2 heteroatoms. The van der Waals surface area contributed by atoms with Crippen LogP contribution in [0.15, 0.2) is 12.1 Å². The third-order valence-corrected chi connectivity index (χ3v) is 4.07. The molecule has 1 unspecified atom stereocenters. The molecule has 2 aromatic rings. The van der Waals surface area contributed by atoms with Crippen LogP contribution < -0.4 is 5.73 Å². The molecule has 2 nitrogen and oxygen atoms in total. The monoisotopic (exact) mass is 228 g/mol. The first-order valence-corrected chi connectivity index (χ1v) is 6.49. The van der Waals surface area contributed by atoms with Crippen molar-refractivity contribution in [3.8, 4) is 0 Å². The number of nitrogens with two attached hydrogens (primary N) is 1. The Kier molecular flexibility index (Phi) is 2.48. The number of rotatable bonds is 1. The van der Waals surface area contributed by atoms with Gasteiger partial charge in [-0.15, -0.1) is 0 Å². The Morgan fingerprint density at radius 3 is 2.94 bits per heavy atom. The molecule has 1 atom stereocenters. The van der Waals surface area contributed by atoms with Crippen molar-refractivity contribution < 1.29 is 0 Å². The Bertz CT molecular complexity index is 566. The van der Waals surface area contributed by atoms with E-state index in [-0.39, 0.29) is 0 Å². The summed E-state index contributed by atoms with van der Waals surface area (Å²) in [5, 5.41) is 1.43. The highest BCUT2D eigenvalue weighted by Crippen LogP contribution is 2.33. The van der Waals surface area contributed by atoms with Crippen LogP contribution >= 0.6 is 0 Å². The first kappa shape index (κ1) is 10.8. The lowest BCUT2D eigenvalue weighted by atomic mass is 9.86. The summed E-state index contributed by atoms with van der Waals surface area (Å²) in [4.78, 5) is 3.62. The maximum absolute atomic E-state index is 5.82. The highest BCUT2D eigenvalue weighted by atomic mass is 14.7. The lowest BCUT2D eigenvalue weighted by Gasteiger charge is -2.20. The molecule has 0 saturated carbocycles. The maximum atomic E-state index is 5.82. The van der Waals surface area contributed by atoms with Crippen molar-refractivity contribution in [2.45, 2.75) is 33.1 Å². The molecule has 0 fully saturated rings. The number of aromatic amines is 1. The summed E-state index contributed by atoms with van der Waals surface area (Å²) < 4.78 is 0. The number of hydrogen-bond donors (Lipinski definition) is 2. The van der Waals surface area contributed by atoms with E-state index >= 15 is 0 Å². The van der Waals surface area contributed by atoms with Crippen molar-refractivity contribution in [3.05, 3.63) is 34.5 Å². The summed E-state index contributed by atoms with van der Waals surface area (Å²) in [5.41, 5.74) is 12.8. The van der Waals surface area contributed by atoms with Gasteiger partial charge in [0.05, 0.1) is 0 Å². The van der Waals surface area contributed by atoms with Crippen molar-refractivity contribution in [1.82, 2.24) is 4.98 Å². The molecule has 0 bridgehead atoms. The molecule has 0 saturated heterocycles. The van der Waals surface area contributed by atoms with Crippen LogP contribution in [0, 0.1) is 19.8 Å². The summed E-state index contributed by atoms with van der Waals surface area (Å²) in [5.74, 6) is 0.669. The van der Waals surface area contributed by atoms with Gasteiger partial charge < -0.3 is 10.7 Å². The lowest BCUT2D eigenvalue weighted by Crippen LogP contribution is -2.21. The SMILES string of the molecule is Cc1cc(C)c2[nH]c3c(c2c1)CC(CN)CC3. The van der Waals surface area contributed by atoms with Gasteiger partial charge in [-0.05, 0) is 62.8 Å². The Labute approximate surface area is 102 Å². The molecular weight excluding hydrogens is 208 g/mol. The van der Waals surface area contributed by atoms with Gasteiger partial charge in [0.15, 0.2) is 0 Å². The molecular formula is C15H20N2. The van der Waals surface area contributed by atoms with Gasteiger partial charge in [0.2, 0.25) is 0 Å². The topological polar surface area (TPSA) is 41.8 Å². The number of fused-ring (bicyclic) bond motifs is 3.